The van der Waals surface area contributed by atoms with Crippen LogP contribution in [0.1, 0.15) is 31.1 Å². The molecule has 3 nitrogen and oxygen atoms in total. The topological polar surface area (TPSA) is 49.3 Å². The maximum atomic E-state index is 11.0. The Morgan fingerprint density at radius 1 is 1.40 bits per heavy atom. The minimum Gasteiger partial charge on any atom is -0.478 e. The first kappa shape index (κ1) is 11.9. The quantitative estimate of drug-likeness (QED) is 0.816. The van der Waals surface area contributed by atoms with Gasteiger partial charge in [-0.3, -0.25) is 0 Å². The summed E-state index contributed by atoms with van der Waals surface area (Å²) < 4.78 is 0. The van der Waals surface area contributed by atoms with Gasteiger partial charge < -0.3 is 10.4 Å². The molecule has 0 heterocycles. The third-order valence-corrected chi connectivity index (χ3v) is 1.96. The van der Waals surface area contributed by atoms with Crippen molar-refractivity contribution in [2.45, 2.75) is 26.3 Å². The third-order valence-electron chi connectivity index (χ3n) is 1.72. The van der Waals surface area contributed by atoms with Gasteiger partial charge in [-0.1, -0.05) is 11.6 Å². The van der Waals surface area contributed by atoms with Crippen molar-refractivity contribution in [1.82, 2.24) is 0 Å². The van der Waals surface area contributed by atoms with Crippen molar-refractivity contribution in [3.63, 3.8) is 0 Å². The molecule has 0 aromatic heterocycles. The van der Waals surface area contributed by atoms with E-state index < -0.39 is 5.97 Å². The van der Waals surface area contributed by atoms with Gasteiger partial charge in [0, 0.05) is 16.2 Å². The molecule has 0 amide bonds. The molecule has 1 aromatic carbocycles. The minimum atomic E-state index is -0.982. The highest BCUT2D eigenvalue weighted by atomic mass is 35.5. The highest BCUT2D eigenvalue weighted by Crippen LogP contribution is 2.23. The summed E-state index contributed by atoms with van der Waals surface area (Å²) in [4.78, 5) is 11.0. The number of benzene rings is 1. The summed E-state index contributed by atoms with van der Waals surface area (Å²) in [7, 11) is 0. The van der Waals surface area contributed by atoms with Crippen molar-refractivity contribution >= 4 is 23.3 Å². The Labute approximate surface area is 94.1 Å². The predicted molar refractivity (Wildman–Crippen MR) is 61.8 cm³/mol. The van der Waals surface area contributed by atoms with E-state index in [2.05, 4.69) is 5.32 Å². The summed E-state index contributed by atoms with van der Waals surface area (Å²) >= 11 is 5.74. The Bertz CT molecular complexity index is 383. The number of halogens is 1. The predicted octanol–water partition coefficient (Wildman–Crippen LogP) is 3.25. The van der Waals surface area contributed by atoms with Crippen molar-refractivity contribution in [1.29, 1.82) is 0 Å². The first-order chi connectivity index (χ1) is 6.79. The number of carbonyl (C=O) groups is 1. The number of hydrogen-bond donors (Lipinski definition) is 2. The molecule has 0 spiro atoms. The molecule has 4 heteroatoms. The third kappa shape index (κ3) is 3.44. The number of hydrogen-bond acceptors (Lipinski definition) is 2. The molecular weight excluding hydrogens is 214 g/mol. The summed E-state index contributed by atoms with van der Waals surface area (Å²) in [6, 6.07) is 4.79. The van der Waals surface area contributed by atoms with Crippen LogP contribution in [0.3, 0.4) is 0 Å². The van der Waals surface area contributed by atoms with E-state index >= 15 is 0 Å². The zero-order valence-electron chi connectivity index (χ0n) is 8.97. The van der Waals surface area contributed by atoms with Gasteiger partial charge in [-0.2, -0.15) is 0 Å². The number of rotatable bonds is 2. The van der Waals surface area contributed by atoms with E-state index in [9.17, 15) is 4.79 Å². The number of carboxylic acid groups (broad SMARTS) is 1. The van der Waals surface area contributed by atoms with Gasteiger partial charge in [-0.05, 0) is 39.0 Å². The molecule has 82 valence electrons. The van der Waals surface area contributed by atoms with Crippen LogP contribution >= 0.6 is 11.6 Å². The van der Waals surface area contributed by atoms with Crippen molar-refractivity contribution in [2.75, 3.05) is 5.32 Å². The number of aromatic carboxylic acids is 1. The fourth-order valence-electron chi connectivity index (χ4n) is 1.21. The largest absolute Gasteiger partial charge is 0.478 e. The van der Waals surface area contributed by atoms with Crippen LogP contribution in [0.25, 0.3) is 0 Å². The van der Waals surface area contributed by atoms with E-state index in [4.69, 9.17) is 16.7 Å². The molecule has 15 heavy (non-hydrogen) atoms. The van der Waals surface area contributed by atoms with Gasteiger partial charge in [0.25, 0.3) is 0 Å². The second-order valence-electron chi connectivity index (χ2n) is 4.37. The molecule has 0 aliphatic rings. The Morgan fingerprint density at radius 3 is 2.47 bits per heavy atom. The lowest BCUT2D eigenvalue weighted by molar-refractivity contribution is 0.0698. The van der Waals surface area contributed by atoms with Gasteiger partial charge in [-0.25, -0.2) is 4.79 Å². The fraction of sp³-hybridized carbons (Fsp3) is 0.364. The molecule has 0 aliphatic heterocycles. The van der Waals surface area contributed by atoms with Crippen LogP contribution in [-0.4, -0.2) is 16.6 Å². The van der Waals surface area contributed by atoms with Gasteiger partial charge in [0.15, 0.2) is 0 Å². The molecule has 1 aromatic rings. The van der Waals surface area contributed by atoms with Crippen LogP contribution < -0.4 is 5.32 Å². The highest BCUT2D eigenvalue weighted by molar-refractivity contribution is 6.31. The number of anilines is 1. The maximum Gasteiger partial charge on any atom is 0.337 e. The van der Waals surface area contributed by atoms with Crippen LogP contribution in [0.5, 0.6) is 0 Å². The second kappa shape index (κ2) is 4.11. The molecule has 0 atom stereocenters. The normalized spacial score (nSPS) is 11.2. The monoisotopic (exact) mass is 227 g/mol. The number of carboxylic acids is 1. The van der Waals surface area contributed by atoms with Crippen LogP contribution in [0.15, 0.2) is 18.2 Å². The van der Waals surface area contributed by atoms with Crippen molar-refractivity contribution < 1.29 is 9.90 Å². The lowest BCUT2D eigenvalue weighted by Crippen LogP contribution is -2.27. The zero-order valence-corrected chi connectivity index (χ0v) is 9.72. The second-order valence-corrected chi connectivity index (χ2v) is 4.81. The van der Waals surface area contributed by atoms with Crippen LogP contribution in [-0.2, 0) is 0 Å². The molecule has 0 unspecified atom stereocenters. The zero-order chi connectivity index (χ0) is 11.6. The SMILES string of the molecule is CC(C)(C)Nc1ccc(Cl)cc1C(=O)O. The fourth-order valence-corrected chi connectivity index (χ4v) is 1.38. The molecule has 2 N–H and O–H groups in total. The van der Waals surface area contributed by atoms with E-state index in [1.165, 1.54) is 6.07 Å². The first-order valence-corrected chi connectivity index (χ1v) is 4.98. The van der Waals surface area contributed by atoms with E-state index in [1.807, 2.05) is 20.8 Å². The Morgan fingerprint density at radius 2 is 2.00 bits per heavy atom. The van der Waals surface area contributed by atoms with E-state index in [1.54, 1.807) is 12.1 Å². The first-order valence-electron chi connectivity index (χ1n) is 4.60. The van der Waals surface area contributed by atoms with E-state index in [0.29, 0.717) is 10.7 Å². The maximum absolute atomic E-state index is 11.0. The van der Waals surface area contributed by atoms with E-state index in [0.717, 1.165) is 0 Å². The summed E-state index contributed by atoms with van der Waals surface area (Å²) in [6.07, 6.45) is 0. The summed E-state index contributed by atoms with van der Waals surface area (Å²) in [6.45, 7) is 5.90. The van der Waals surface area contributed by atoms with Crippen molar-refractivity contribution in [2.24, 2.45) is 0 Å². The van der Waals surface area contributed by atoms with Crippen LogP contribution in [0.2, 0.25) is 5.02 Å². The number of nitrogens with one attached hydrogen (secondary N) is 1. The lowest BCUT2D eigenvalue weighted by atomic mass is 10.1. The molecule has 0 fully saturated rings. The minimum absolute atomic E-state index is 0.183. The molecule has 1 rings (SSSR count). The van der Waals surface area contributed by atoms with Crippen molar-refractivity contribution in [3.05, 3.63) is 28.8 Å². The summed E-state index contributed by atoms with van der Waals surface area (Å²) in [5.41, 5.74) is 0.592. The van der Waals surface area contributed by atoms with Gasteiger partial charge in [-0.15, -0.1) is 0 Å². The lowest BCUT2D eigenvalue weighted by Gasteiger charge is -2.23. The standard InChI is InChI=1S/C11H14ClNO2/c1-11(2,3)13-9-5-4-7(12)6-8(9)10(14)15/h4-6,13H,1-3H3,(H,14,15). The van der Waals surface area contributed by atoms with Crippen LogP contribution in [0, 0.1) is 0 Å². The van der Waals surface area contributed by atoms with Gasteiger partial charge in [0.2, 0.25) is 0 Å². The molecule has 0 radical (unpaired) electrons. The smallest absolute Gasteiger partial charge is 0.337 e. The summed E-state index contributed by atoms with van der Waals surface area (Å²) in [5, 5.41) is 12.5. The average Bonchev–Trinajstić information content (AvgIpc) is 2.05. The molecule has 0 bridgehead atoms. The van der Waals surface area contributed by atoms with E-state index in [-0.39, 0.29) is 11.1 Å². The molecule has 0 aliphatic carbocycles. The molecule has 0 saturated heterocycles. The Kier molecular flexibility index (Phi) is 3.25. The highest BCUT2D eigenvalue weighted by Gasteiger charge is 2.15. The molecule has 0 saturated carbocycles. The molecular formula is C11H14ClNO2. The average molecular weight is 228 g/mol. The van der Waals surface area contributed by atoms with Gasteiger partial charge in [0.05, 0.1) is 5.56 Å². The summed E-state index contributed by atoms with van der Waals surface area (Å²) in [5.74, 6) is -0.982. The Hall–Kier alpha value is -1.22. The van der Waals surface area contributed by atoms with Crippen LogP contribution in [0.4, 0.5) is 5.69 Å². The van der Waals surface area contributed by atoms with Gasteiger partial charge in [0.1, 0.15) is 0 Å². The van der Waals surface area contributed by atoms with Gasteiger partial charge >= 0.3 is 5.97 Å². The van der Waals surface area contributed by atoms with Crippen molar-refractivity contribution in [3.8, 4) is 0 Å². The Balaban J connectivity index is 3.12.